The van der Waals surface area contributed by atoms with Crippen molar-refractivity contribution >= 4 is 0 Å². The molecule has 0 saturated heterocycles. The molecule has 0 spiro atoms. The molecule has 1 N–H and O–H groups in total. The Bertz CT molecular complexity index is 178. The highest BCUT2D eigenvalue weighted by molar-refractivity contribution is 4.99. The van der Waals surface area contributed by atoms with Crippen LogP contribution in [0.2, 0.25) is 0 Å². The summed E-state index contributed by atoms with van der Waals surface area (Å²) in [4.78, 5) is 0. The second-order valence-corrected chi connectivity index (χ2v) is 2.34. The summed E-state index contributed by atoms with van der Waals surface area (Å²) in [5.41, 5.74) is 0. The molecule has 0 saturated carbocycles. The van der Waals surface area contributed by atoms with Gasteiger partial charge in [-0.2, -0.15) is 14.0 Å². The molecular formula is C6H7ClN2O4. The van der Waals surface area contributed by atoms with Gasteiger partial charge in [0.25, 0.3) is 0 Å². The zero-order chi connectivity index (χ0) is 10.7. The predicted molar refractivity (Wildman–Crippen MR) is 32.1 cm³/mol. The minimum atomic E-state index is -4.69. The second kappa shape index (κ2) is 8.86. The van der Waals surface area contributed by atoms with Gasteiger partial charge in [-0.05, 0) is 0 Å². The van der Waals surface area contributed by atoms with E-state index in [1.165, 1.54) is 0 Å². The summed E-state index contributed by atoms with van der Waals surface area (Å²) in [5, 5.41) is 12.0. The lowest BCUT2D eigenvalue weighted by Gasteiger charge is -2.03. The zero-order valence-electron chi connectivity index (χ0n) is 6.41. The van der Waals surface area contributed by atoms with Gasteiger partial charge >= 0.3 is 0 Å². The number of hydrogen-bond acceptors (Lipinski definition) is 6. The molecule has 0 atom stereocenters. The van der Waals surface area contributed by atoms with Gasteiger partial charge in [-0.3, -0.25) is 0 Å². The smallest absolute Gasteiger partial charge is 0.0777 e. The van der Waals surface area contributed by atoms with Crippen LogP contribution in [0, 0.1) is 21.0 Å². The molecule has 7 heteroatoms. The Labute approximate surface area is 76.8 Å². The molecule has 0 aliphatic heterocycles. The van der Waals surface area contributed by atoms with Crippen LogP contribution in [0.5, 0.6) is 0 Å². The number of nitrogens with zero attached hydrogens (tertiary/aromatic N) is 2. The van der Waals surface area contributed by atoms with Gasteiger partial charge in [0.15, 0.2) is 0 Å². The van der Waals surface area contributed by atoms with Crippen LogP contribution in [0.4, 0.5) is 0 Å². The first-order chi connectivity index (χ1) is 6.00. The lowest BCUT2D eigenvalue weighted by Crippen LogP contribution is -2.58. The van der Waals surface area contributed by atoms with Gasteiger partial charge in [0, 0.05) is 10.8 Å². The van der Waals surface area contributed by atoms with E-state index in [1.54, 1.807) is 0 Å². The third-order valence-electron chi connectivity index (χ3n) is 0.667. The van der Waals surface area contributed by atoms with Crippen LogP contribution >= 0.6 is 0 Å². The van der Waals surface area contributed by atoms with Crippen molar-refractivity contribution in [3.63, 3.8) is 0 Å². The van der Waals surface area contributed by atoms with Crippen molar-refractivity contribution in [2.24, 2.45) is 0 Å². The zero-order valence-corrected chi connectivity index (χ0v) is 7.16. The van der Waals surface area contributed by atoms with E-state index >= 15 is 0 Å². The predicted octanol–water partition coefficient (Wildman–Crippen LogP) is -2.41. The van der Waals surface area contributed by atoms with E-state index in [-0.39, 0.29) is 0 Å². The third-order valence-corrected chi connectivity index (χ3v) is 0.667. The minimum absolute atomic E-state index is 2.00. The summed E-state index contributed by atoms with van der Waals surface area (Å²) in [5.74, 6) is 0. The number of rotatable bonds is 0. The van der Waals surface area contributed by atoms with Crippen molar-refractivity contribution in [2.45, 2.75) is 0 Å². The van der Waals surface area contributed by atoms with Crippen LogP contribution in [0.1, 0.15) is 0 Å². The quantitative estimate of drug-likeness (QED) is 0.470. The molecule has 0 aromatic heterocycles. The maximum Gasteiger partial charge on any atom is 0.0777 e. The highest BCUT2D eigenvalue weighted by Gasteiger charge is 1.98. The number of halogens is 1. The molecule has 0 unspecified atom stereocenters. The summed E-state index contributed by atoms with van der Waals surface area (Å²) in [6.45, 7) is 0. The van der Waals surface area contributed by atoms with Crippen molar-refractivity contribution in [3.05, 3.63) is 36.4 Å². The maximum atomic E-state index is 8.60. The molecule has 0 fully saturated rings. The van der Waals surface area contributed by atoms with Crippen LogP contribution in [-0.4, -0.2) is 4.66 Å². The molecule has 13 heavy (non-hydrogen) atoms. The molecule has 0 aliphatic rings. The highest BCUT2D eigenvalue weighted by Crippen LogP contribution is 1.79. The Hall–Kier alpha value is -1.23. The van der Waals surface area contributed by atoms with E-state index in [0.29, 0.717) is 0 Å². The van der Waals surface area contributed by atoms with Crippen molar-refractivity contribution in [1.29, 1.82) is 10.8 Å². The topological polar surface area (TPSA) is 137 Å². The minimum Gasteiger partial charge on any atom is -0.183 e. The highest BCUT2D eigenvalue weighted by atomic mass is 35.7. The second-order valence-electron chi connectivity index (χ2n) is 1.55. The van der Waals surface area contributed by atoms with Crippen LogP contribution in [-0.2, 0) is 0 Å². The molecule has 0 amide bonds. The van der Waals surface area contributed by atoms with E-state index < -0.39 is 10.2 Å². The van der Waals surface area contributed by atoms with Gasteiger partial charge in [0.05, 0.1) is 14.9 Å². The lowest BCUT2D eigenvalue weighted by atomic mass is 10.4. The summed E-state index contributed by atoms with van der Waals surface area (Å²) in [6.07, 6.45) is 0. The van der Waals surface area contributed by atoms with E-state index in [4.69, 9.17) is 29.4 Å². The van der Waals surface area contributed by atoms with Gasteiger partial charge in [-0.1, -0.05) is 36.4 Å². The Morgan fingerprint density at radius 2 is 0.846 bits per heavy atom. The first-order valence-electron chi connectivity index (χ1n) is 2.83. The molecule has 0 aliphatic carbocycles. The molecule has 0 heterocycles. The van der Waals surface area contributed by atoms with Crippen LogP contribution in [0.25, 0.3) is 0 Å². The fourth-order valence-corrected chi connectivity index (χ4v) is 0.385. The van der Waals surface area contributed by atoms with Gasteiger partial charge in [-0.15, -0.1) is 0 Å². The van der Waals surface area contributed by atoms with Crippen LogP contribution < -0.4 is 14.0 Å². The number of hydrogen-bond donors (Lipinski definition) is 1. The fraction of sp³-hybridized carbons (Fsp3) is 0. The molecule has 6 nitrogen and oxygen atoms in total. The molecule has 72 valence electrons. The van der Waals surface area contributed by atoms with E-state index in [1.807, 2.05) is 36.4 Å². The molecule has 0 radical (unpaired) electrons. The molecular weight excluding hydrogens is 200 g/mol. The Kier molecular flexibility index (Phi) is 9.75. The fourth-order valence-electron chi connectivity index (χ4n) is 0.385. The van der Waals surface area contributed by atoms with Crippen molar-refractivity contribution in [3.8, 4) is 0 Å². The Morgan fingerprint density at radius 3 is 0.923 bits per heavy atom. The Morgan fingerprint density at radius 1 is 0.769 bits per heavy atom. The van der Waals surface area contributed by atoms with Gasteiger partial charge < -0.3 is 0 Å². The average molecular weight is 207 g/mol. The van der Waals surface area contributed by atoms with E-state index in [0.717, 1.165) is 0 Å². The average Bonchev–Trinajstić information content (AvgIpc) is 2.08. The normalized spacial score (nSPS) is 8.46. The lowest BCUT2D eigenvalue weighted by molar-refractivity contribution is -1.92. The summed E-state index contributed by atoms with van der Waals surface area (Å²) < 4.78 is 32.7. The van der Waals surface area contributed by atoms with Gasteiger partial charge in [0.2, 0.25) is 0 Å². The molecule has 1 aromatic carbocycles. The summed E-state index contributed by atoms with van der Waals surface area (Å²) >= 11 is 0. The molecule has 1 rings (SSSR count). The largest absolute Gasteiger partial charge is 0.183 e. The van der Waals surface area contributed by atoms with Crippen molar-refractivity contribution < 1.29 is 28.9 Å². The van der Waals surface area contributed by atoms with E-state index in [9.17, 15) is 0 Å². The third kappa shape index (κ3) is 36.4. The summed E-state index contributed by atoms with van der Waals surface area (Å²) in [6, 6.07) is 12.0. The van der Waals surface area contributed by atoms with Crippen molar-refractivity contribution in [2.75, 3.05) is 0 Å². The molecule has 1 aromatic rings. The first-order valence-corrected chi connectivity index (χ1v) is 4.10. The number of benzene rings is 1. The SMILES string of the molecule is N#N.[O-][Cl+3]([O-])([O-])O.c1ccccc1. The Balaban J connectivity index is 0. The van der Waals surface area contributed by atoms with Gasteiger partial charge in [0.1, 0.15) is 0 Å². The summed E-state index contributed by atoms with van der Waals surface area (Å²) in [7, 11) is -4.69. The van der Waals surface area contributed by atoms with Crippen molar-refractivity contribution in [1.82, 2.24) is 0 Å². The van der Waals surface area contributed by atoms with Crippen LogP contribution in [0.3, 0.4) is 0 Å². The first kappa shape index (κ1) is 14.3. The van der Waals surface area contributed by atoms with E-state index in [2.05, 4.69) is 0 Å². The van der Waals surface area contributed by atoms with Gasteiger partial charge in [-0.25, -0.2) is 0 Å². The molecule has 0 bridgehead atoms. The monoisotopic (exact) mass is 206 g/mol. The standard InChI is InChI=1S/C6H6.ClHO4.N2/c1-2-4-6-5-3-1;2-1(3,4)5;1-2/h1-6H;(H,2,3,4,5);. The maximum absolute atomic E-state index is 8.60. The van der Waals surface area contributed by atoms with Crippen LogP contribution in [0.15, 0.2) is 36.4 Å².